The molecule has 3 heteroatoms. The van der Waals surface area contributed by atoms with E-state index in [-0.39, 0.29) is 17.1 Å². The molecular weight excluding hydrogens is 298 g/mol. The predicted molar refractivity (Wildman–Crippen MR) is 94.3 cm³/mol. The molecule has 2 unspecified atom stereocenters. The summed E-state index contributed by atoms with van der Waals surface area (Å²) in [5.74, 6) is 0.621. The van der Waals surface area contributed by atoms with Crippen LogP contribution in [0.1, 0.15) is 44.2 Å². The Labute approximate surface area is 143 Å². The second-order valence-corrected chi connectivity index (χ2v) is 8.22. The first-order chi connectivity index (χ1) is 11.4. The van der Waals surface area contributed by atoms with Gasteiger partial charge in [0.1, 0.15) is 11.2 Å². The largest absolute Gasteiger partial charge is 0.334 e. The normalized spacial score (nSPS) is 30.8. The Morgan fingerprint density at radius 1 is 1.25 bits per heavy atom. The van der Waals surface area contributed by atoms with Crippen LogP contribution in [-0.4, -0.2) is 29.7 Å². The summed E-state index contributed by atoms with van der Waals surface area (Å²) in [6.07, 6.45) is 4.48. The summed E-state index contributed by atoms with van der Waals surface area (Å²) in [6, 6.07) is 8.29. The van der Waals surface area contributed by atoms with Crippen molar-refractivity contribution >= 4 is 17.3 Å². The number of fused-ring (bicyclic) bond motifs is 2. The lowest BCUT2D eigenvalue weighted by molar-refractivity contribution is -0.152. The third-order valence-corrected chi connectivity index (χ3v) is 6.96. The van der Waals surface area contributed by atoms with Crippen molar-refractivity contribution < 1.29 is 9.59 Å². The van der Waals surface area contributed by atoms with Crippen molar-refractivity contribution in [1.82, 2.24) is 4.90 Å². The molecule has 0 aromatic heterocycles. The molecule has 2 atom stereocenters. The molecule has 4 rings (SSSR count). The van der Waals surface area contributed by atoms with Gasteiger partial charge in [0.05, 0.1) is 0 Å². The zero-order valence-electron chi connectivity index (χ0n) is 14.8. The molecule has 0 saturated heterocycles. The van der Waals surface area contributed by atoms with Crippen LogP contribution in [0.5, 0.6) is 0 Å². The molecule has 126 valence electrons. The van der Waals surface area contributed by atoms with Crippen molar-refractivity contribution in [2.75, 3.05) is 13.1 Å². The lowest BCUT2D eigenvalue weighted by Crippen LogP contribution is -2.51. The van der Waals surface area contributed by atoms with E-state index in [0.717, 1.165) is 12.8 Å². The summed E-state index contributed by atoms with van der Waals surface area (Å²) < 4.78 is 0. The first-order valence-corrected chi connectivity index (χ1v) is 8.95. The molecular formula is C21H25NO2. The van der Waals surface area contributed by atoms with Crippen molar-refractivity contribution in [3.8, 4) is 0 Å². The van der Waals surface area contributed by atoms with E-state index in [9.17, 15) is 9.59 Å². The predicted octanol–water partition coefficient (Wildman–Crippen LogP) is 3.62. The quantitative estimate of drug-likeness (QED) is 0.780. The highest BCUT2D eigenvalue weighted by Crippen LogP contribution is 2.64. The van der Waals surface area contributed by atoms with Gasteiger partial charge >= 0.3 is 0 Å². The zero-order chi connectivity index (χ0) is 17.1. The maximum Gasteiger partial charge on any atom is 0.237 e. The molecule has 2 fully saturated rings. The van der Waals surface area contributed by atoms with Gasteiger partial charge in [0.15, 0.2) is 0 Å². The Kier molecular flexibility index (Phi) is 3.28. The maximum absolute atomic E-state index is 13.4. The SMILES string of the molecule is Cc1ccccc1C1=CCN(C(=O)C23CCC(CC2=O)C3(C)C)C1. The van der Waals surface area contributed by atoms with Gasteiger partial charge in [0.25, 0.3) is 0 Å². The standard InChI is InChI=1S/C21H25NO2/c1-14-6-4-5-7-17(14)15-9-11-22(13-15)19(24)21-10-8-16(12-18(21)23)20(21,2)3/h4-7,9,16H,8,10-13H2,1-3H3. The van der Waals surface area contributed by atoms with Gasteiger partial charge in [-0.2, -0.15) is 0 Å². The Bertz CT molecular complexity index is 761. The van der Waals surface area contributed by atoms with Gasteiger partial charge in [0, 0.05) is 19.5 Å². The smallest absolute Gasteiger partial charge is 0.237 e. The van der Waals surface area contributed by atoms with Crippen molar-refractivity contribution in [3.05, 3.63) is 41.5 Å². The summed E-state index contributed by atoms with van der Waals surface area (Å²) in [6.45, 7) is 7.60. The molecule has 1 aromatic carbocycles. The Morgan fingerprint density at radius 3 is 2.62 bits per heavy atom. The fourth-order valence-electron chi connectivity index (χ4n) is 5.29. The lowest BCUT2D eigenvalue weighted by atomic mass is 9.68. The van der Waals surface area contributed by atoms with Crippen LogP contribution in [-0.2, 0) is 9.59 Å². The first kappa shape index (κ1) is 15.6. The molecule has 0 radical (unpaired) electrons. The van der Waals surface area contributed by atoms with Gasteiger partial charge in [-0.3, -0.25) is 9.59 Å². The van der Waals surface area contributed by atoms with E-state index in [1.54, 1.807) is 0 Å². The van der Waals surface area contributed by atoms with E-state index in [1.165, 1.54) is 16.7 Å². The summed E-state index contributed by atoms with van der Waals surface area (Å²) in [5, 5.41) is 0. The summed E-state index contributed by atoms with van der Waals surface area (Å²) >= 11 is 0. The third kappa shape index (κ3) is 1.84. The van der Waals surface area contributed by atoms with Crippen molar-refractivity contribution in [3.63, 3.8) is 0 Å². The number of hydrogen-bond acceptors (Lipinski definition) is 2. The van der Waals surface area contributed by atoms with Crippen LogP contribution in [0, 0.1) is 23.7 Å². The van der Waals surface area contributed by atoms with Crippen LogP contribution < -0.4 is 0 Å². The lowest BCUT2D eigenvalue weighted by Gasteiger charge is -2.38. The average Bonchev–Trinajstić information content (AvgIpc) is 3.17. The highest BCUT2D eigenvalue weighted by molar-refractivity contribution is 6.10. The topological polar surface area (TPSA) is 37.4 Å². The van der Waals surface area contributed by atoms with E-state index in [4.69, 9.17) is 0 Å². The van der Waals surface area contributed by atoms with Crippen LogP contribution >= 0.6 is 0 Å². The fourth-order valence-corrected chi connectivity index (χ4v) is 5.29. The van der Waals surface area contributed by atoms with E-state index >= 15 is 0 Å². The highest BCUT2D eigenvalue weighted by Gasteiger charge is 2.68. The van der Waals surface area contributed by atoms with Gasteiger partial charge in [-0.25, -0.2) is 0 Å². The average molecular weight is 323 g/mol. The molecule has 1 aliphatic heterocycles. The van der Waals surface area contributed by atoms with Gasteiger partial charge in [0.2, 0.25) is 5.91 Å². The van der Waals surface area contributed by atoms with Crippen LogP contribution in [0.4, 0.5) is 0 Å². The van der Waals surface area contributed by atoms with Gasteiger partial charge in [-0.05, 0) is 47.8 Å². The molecule has 1 amide bonds. The molecule has 2 saturated carbocycles. The molecule has 2 aliphatic carbocycles. The monoisotopic (exact) mass is 323 g/mol. The number of aryl methyl sites for hydroxylation is 1. The van der Waals surface area contributed by atoms with E-state index < -0.39 is 5.41 Å². The molecule has 24 heavy (non-hydrogen) atoms. The molecule has 0 N–H and O–H groups in total. The summed E-state index contributed by atoms with van der Waals surface area (Å²) in [7, 11) is 0. The Balaban J connectivity index is 1.60. The number of benzene rings is 1. The number of Topliss-reactive ketones (excluding diaryl/α,β-unsaturated/α-hetero) is 1. The Hall–Kier alpha value is -1.90. The van der Waals surface area contributed by atoms with E-state index in [1.807, 2.05) is 17.0 Å². The van der Waals surface area contributed by atoms with Crippen molar-refractivity contribution in [1.29, 1.82) is 0 Å². The first-order valence-electron chi connectivity index (χ1n) is 8.95. The molecule has 2 bridgehead atoms. The van der Waals surface area contributed by atoms with Crippen LogP contribution in [0.3, 0.4) is 0 Å². The zero-order valence-corrected chi connectivity index (χ0v) is 14.8. The van der Waals surface area contributed by atoms with Gasteiger partial charge in [-0.15, -0.1) is 0 Å². The highest BCUT2D eigenvalue weighted by atomic mass is 16.2. The molecule has 0 spiro atoms. The number of carbonyl (C=O) groups is 2. The molecule has 1 aromatic rings. The minimum atomic E-state index is -0.771. The van der Waals surface area contributed by atoms with Gasteiger partial charge < -0.3 is 4.90 Å². The fraction of sp³-hybridized carbons (Fsp3) is 0.524. The number of hydrogen-bond donors (Lipinski definition) is 0. The molecule has 3 aliphatic rings. The minimum Gasteiger partial charge on any atom is -0.334 e. The second-order valence-electron chi connectivity index (χ2n) is 8.22. The van der Waals surface area contributed by atoms with Crippen molar-refractivity contribution in [2.24, 2.45) is 16.7 Å². The Morgan fingerprint density at radius 2 is 2.00 bits per heavy atom. The van der Waals surface area contributed by atoms with Gasteiger partial charge in [-0.1, -0.05) is 44.2 Å². The number of nitrogens with zero attached hydrogens (tertiary/aromatic N) is 1. The number of carbonyl (C=O) groups excluding carboxylic acids is 2. The van der Waals surface area contributed by atoms with E-state index in [0.29, 0.717) is 25.4 Å². The number of ketones is 1. The second kappa shape index (κ2) is 5.05. The molecule has 1 heterocycles. The maximum atomic E-state index is 13.4. The van der Waals surface area contributed by atoms with Crippen molar-refractivity contribution in [2.45, 2.75) is 40.0 Å². The van der Waals surface area contributed by atoms with Crippen LogP contribution in [0.2, 0.25) is 0 Å². The summed E-state index contributed by atoms with van der Waals surface area (Å²) in [4.78, 5) is 28.0. The van der Waals surface area contributed by atoms with Crippen LogP contribution in [0.15, 0.2) is 30.3 Å². The number of amides is 1. The number of rotatable bonds is 2. The third-order valence-electron chi connectivity index (χ3n) is 6.96. The molecule has 3 nitrogen and oxygen atoms in total. The van der Waals surface area contributed by atoms with E-state index in [2.05, 4.69) is 39.0 Å². The summed E-state index contributed by atoms with van der Waals surface area (Å²) in [5.41, 5.74) is 2.68. The minimum absolute atomic E-state index is 0.0670. The van der Waals surface area contributed by atoms with Crippen LogP contribution in [0.25, 0.3) is 5.57 Å².